The van der Waals surface area contributed by atoms with Crippen molar-refractivity contribution >= 4 is 22.5 Å². The van der Waals surface area contributed by atoms with Gasteiger partial charge in [-0.2, -0.15) is 0 Å². The van der Waals surface area contributed by atoms with E-state index >= 15 is 0 Å². The summed E-state index contributed by atoms with van der Waals surface area (Å²) in [7, 11) is 0. The van der Waals surface area contributed by atoms with E-state index in [4.69, 9.17) is 0 Å². The number of aryl methyl sites for hydroxylation is 1. The van der Waals surface area contributed by atoms with Gasteiger partial charge in [-0.3, -0.25) is 4.57 Å². The van der Waals surface area contributed by atoms with Gasteiger partial charge in [0, 0.05) is 5.39 Å². The van der Waals surface area contributed by atoms with Gasteiger partial charge in [0.2, 0.25) is 0 Å². The molecule has 0 saturated heterocycles. The molecule has 0 atom stereocenters. The Morgan fingerprint density at radius 1 is 1.09 bits per heavy atom. The first-order valence-electron chi connectivity index (χ1n) is 7.86. The first-order chi connectivity index (χ1) is 10.8. The van der Waals surface area contributed by atoms with Crippen LogP contribution in [0.4, 0.5) is 0 Å². The van der Waals surface area contributed by atoms with Crippen LogP contribution in [0.5, 0.6) is 0 Å². The molecule has 0 aliphatic heterocycles. The maximum absolute atomic E-state index is 4.33. The largest absolute Gasteiger partial charge is 0.274 e. The van der Waals surface area contributed by atoms with E-state index in [9.17, 15) is 0 Å². The number of hydrogen-bond donors (Lipinski definition) is 0. The molecule has 1 aliphatic carbocycles. The molecule has 1 fully saturated rings. The fourth-order valence-corrected chi connectivity index (χ4v) is 3.81. The third-order valence-electron chi connectivity index (χ3n) is 4.26. The lowest BCUT2D eigenvalue weighted by atomic mass is 9.99. The molecule has 1 saturated carbocycles. The summed E-state index contributed by atoms with van der Waals surface area (Å²) >= 11 is 1.74. The van der Waals surface area contributed by atoms with E-state index in [1.807, 2.05) is 6.92 Å². The second-order valence-corrected chi connectivity index (χ2v) is 7.02. The molecule has 112 valence electrons. The Labute approximate surface area is 134 Å². The van der Waals surface area contributed by atoms with Gasteiger partial charge in [-0.25, -0.2) is 0 Å². The molecule has 0 amide bonds. The van der Waals surface area contributed by atoms with Gasteiger partial charge < -0.3 is 0 Å². The van der Waals surface area contributed by atoms with Crippen LogP contribution in [0, 0.1) is 6.92 Å². The maximum Gasteiger partial charge on any atom is 0.195 e. The van der Waals surface area contributed by atoms with Crippen LogP contribution in [0.1, 0.15) is 37.1 Å². The van der Waals surface area contributed by atoms with Crippen LogP contribution in [-0.2, 0) is 0 Å². The van der Waals surface area contributed by atoms with Crippen LogP contribution < -0.4 is 0 Å². The van der Waals surface area contributed by atoms with Gasteiger partial charge in [0.15, 0.2) is 5.16 Å². The zero-order chi connectivity index (χ0) is 15.1. The zero-order valence-electron chi connectivity index (χ0n) is 12.9. The third kappa shape index (κ3) is 2.22. The molecule has 3 aromatic rings. The smallest absolute Gasteiger partial charge is 0.195 e. The number of fused-ring (bicyclic) bond motifs is 1. The lowest BCUT2D eigenvalue weighted by molar-refractivity contribution is 0.874. The Morgan fingerprint density at radius 3 is 2.59 bits per heavy atom. The number of aromatic nitrogens is 3. The normalized spacial score (nSPS) is 14.6. The molecule has 0 bridgehead atoms. The Hall–Kier alpha value is -1.81. The lowest BCUT2D eigenvalue weighted by Gasteiger charge is -2.14. The van der Waals surface area contributed by atoms with Crippen LogP contribution in [0.3, 0.4) is 0 Å². The minimum absolute atomic E-state index is 0.755. The molecule has 0 unspecified atom stereocenters. The molecule has 3 nitrogen and oxygen atoms in total. The quantitative estimate of drug-likeness (QED) is 0.653. The molecule has 4 heteroatoms. The molecule has 0 N–H and O–H groups in total. The second kappa shape index (κ2) is 5.43. The number of benzene rings is 2. The summed E-state index contributed by atoms with van der Waals surface area (Å²) in [6.07, 6.45) is 2.65. The minimum atomic E-state index is 0.755. The topological polar surface area (TPSA) is 30.7 Å². The van der Waals surface area contributed by atoms with E-state index in [-0.39, 0.29) is 0 Å². The van der Waals surface area contributed by atoms with Crippen LogP contribution in [-0.4, -0.2) is 20.5 Å². The summed E-state index contributed by atoms with van der Waals surface area (Å²) in [6.45, 7) is 4.17. The van der Waals surface area contributed by atoms with Gasteiger partial charge in [0.25, 0.3) is 0 Å². The standard InChI is InChI=1S/C18H19N3S/c1-3-22-18-20-19-12(2)21(18)17-11-10-14(13-8-9-13)15-6-4-5-7-16(15)17/h4-7,10-11,13H,3,8-9H2,1-2H3. The molecular formula is C18H19N3S. The highest BCUT2D eigenvalue weighted by molar-refractivity contribution is 7.99. The fourth-order valence-electron chi connectivity index (χ4n) is 3.09. The molecule has 0 radical (unpaired) electrons. The summed E-state index contributed by atoms with van der Waals surface area (Å²) in [5.74, 6) is 2.70. The molecule has 1 aliphatic rings. The van der Waals surface area contributed by atoms with E-state index in [0.29, 0.717) is 0 Å². The van der Waals surface area contributed by atoms with Crippen LogP contribution in [0.25, 0.3) is 16.5 Å². The van der Waals surface area contributed by atoms with Crippen molar-refractivity contribution in [3.8, 4) is 5.69 Å². The third-order valence-corrected chi connectivity index (χ3v) is 5.07. The van der Waals surface area contributed by atoms with Gasteiger partial charge >= 0.3 is 0 Å². The van der Waals surface area contributed by atoms with E-state index in [0.717, 1.165) is 22.7 Å². The molecular weight excluding hydrogens is 290 g/mol. The highest BCUT2D eigenvalue weighted by Crippen LogP contribution is 2.44. The van der Waals surface area contributed by atoms with E-state index < -0.39 is 0 Å². The monoisotopic (exact) mass is 309 g/mol. The van der Waals surface area contributed by atoms with E-state index in [1.165, 1.54) is 34.9 Å². The SMILES string of the molecule is CCSc1nnc(C)n1-c1ccc(C2CC2)c2ccccc12. The molecule has 22 heavy (non-hydrogen) atoms. The second-order valence-electron chi connectivity index (χ2n) is 5.79. The minimum Gasteiger partial charge on any atom is -0.274 e. The maximum atomic E-state index is 4.33. The van der Waals surface area contributed by atoms with E-state index in [2.05, 4.69) is 58.1 Å². The van der Waals surface area contributed by atoms with E-state index in [1.54, 1.807) is 11.8 Å². The van der Waals surface area contributed by atoms with Crippen molar-refractivity contribution in [1.82, 2.24) is 14.8 Å². The lowest BCUT2D eigenvalue weighted by Crippen LogP contribution is -2.01. The first kappa shape index (κ1) is 13.8. The van der Waals surface area contributed by atoms with Gasteiger partial charge in [0.1, 0.15) is 5.82 Å². The van der Waals surface area contributed by atoms with Crippen molar-refractivity contribution in [2.75, 3.05) is 5.75 Å². The predicted octanol–water partition coefficient (Wildman–Crippen LogP) is 4.72. The number of rotatable bonds is 4. The Bertz CT molecular complexity index is 833. The van der Waals surface area contributed by atoms with Gasteiger partial charge in [-0.05, 0) is 48.5 Å². The van der Waals surface area contributed by atoms with Crippen LogP contribution >= 0.6 is 11.8 Å². The van der Waals surface area contributed by atoms with Crippen molar-refractivity contribution in [3.05, 3.63) is 47.8 Å². The Kier molecular flexibility index (Phi) is 3.41. The summed E-state index contributed by atoms with van der Waals surface area (Å²) in [6, 6.07) is 13.3. The molecule has 0 spiro atoms. The van der Waals surface area contributed by atoms with Crippen LogP contribution in [0.2, 0.25) is 0 Å². The average molecular weight is 309 g/mol. The van der Waals surface area contributed by atoms with Crippen LogP contribution in [0.15, 0.2) is 41.6 Å². The Morgan fingerprint density at radius 2 is 1.86 bits per heavy atom. The summed E-state index contributed by atoms with van der Waals surface area (Å²) in [5, 5.41) is 12.3. The molecule has 4 rings (SSSR count). The number of thioether (sulfide) groups is 1. The van der Waals surface area contributed by atoms with Crippen molar-refractivity contribution in [1.29, 1.82) is 0 Å². The van der Waals surface area contributed by atoms with Gasteiger partial charge in [-0.1, -0.05) is 49.0 Å². The highest BCUT2D eigenvalue weighted by Gasteiger charge is 2.26. The zero-order valence-corrected chi connectivity index (χ0v) is 13.7. The van der Waals surface area contributed by atoms with Crippen molar-refractivity contribution in [3.63, 3.8) is 0 Å². The van der Waals surface area contributed by atoms with Crippen molar-refractivity contribution < 1.29 is 0 Å². The predicted molar refractivity (Wildman–Crippen MR) is 92.0 cm³/mol. The van der Waals surface area contributed by atoms with Gasteiger partial charge in [0.05, 0.1) is 5.69 Å². The number of hydrogen-bond acceptors (Lipinski definition) is 3. The summed E-state index contributed by atoms with van der Waals surface area (Å²) in [4.78, 5) is 0. The average Bonchev–Trinajstić information content (AvgIpc) is 3.32. The summed E-state index contributed by atoms with van der Waals surface area (Å²) in [5.41, 5.74) is 2.69. The highest BCUT2D eigenvalue weighted by atomic mass is 32.2. The fraction of sp³-hybridized carbons (Fsp3) is 0.333. The first-order valence-corrected chi connectivity index (χ1v) is 8.85. The summed E-state index contributed by atoms with van der Waals surface area (Å²) < 4.78 is 2.19. The molecule has 1 heterocycles. The molecule has 2 aromatic carbocycles. The van der Waals surface area contributed by atoms with Crippen molar-refractivity contribution in [2.45, 2.75) is 37.8 Å². The molecule has 1 aromatic heterocycles. The van der Waals surface area contributed by atoms with Crippen molar-refractivity contribution in [2.24, 2.45) is 0 Å². The Balaban J connectivity index is 1.96. The van der Waals surface area contributed by atoms with Gasteiger partial charge in [-0.15, -0.1) is 10.2 Å². The number of nitrogens with zero attached hydrogens (tertiary/aromatic N) is 3.